The Bertz CT molecular complexity index is 613. The van der Waals surface area contributed by atoms with Crippen LogP contribution in [0.25, 0.3) is 0 Å². The average Bonchev–Trinajstić information content (AvgIpc) is 2.78. The van der Waals surface area contributed by atoms with Gasteiger partial charge >= 0.3 is 0 Å². The maximum Gasteiger partial charge on any atom is 0.226 e. The van der Waals surface area contributed by atoms with Gasteiger partial charge in [-0.3, -0.25) is 9.48 Å². The minimum atomic E-state index is 0.0132. The van der Waals surface area contributed by atoms with Gasteiger partial charge in [0.15, 0.2) is 0 Å². The molecule has 0 aliphatic rings. The van der Waals surface area contributed by atoms with E-state index in [2.05, 4.69) is 17.3 Å². The van der Waals surface area contributed by atoms with E-state index in [4.69, 9.17) is 0 Å². The van der Waals surface area contributed by atoms with E-state index in [-0.39, 0.29) is 11.9 Å². The summed E-state index contributed by atoms with van der Waals surface area (Å²) in [4.78, 5) is 12.1. The van der Waals surface area contributed by atoms with Crippen LogP contribution in [0.2, 0.25) is 0 Å². The molecule has 1 heterocycles. The maximum atomic E-state index is 12.1. The molecule has 0 saturated heterocycles. The van der Waals surface area contributed by atoms with Crippen molar-refractivity contribution in [2.24, 2.45) is 0 Å². The van der Waals surface area contributed by atoms with Crippen LogP contribution in [0, 0.1) is 13.8 Å². The first-order chi connectivity index (χ1) is 9.99. The molecule has 0 bridgehead atoms. The summed E-state index contributed by atoms with van der Waals surface area (Å²) in [6.07, 6.45) is 1.42. The largest absolute Gasteiger partial charge is 0.326 e. The fourth-order valence-corrected chi connectivity index (χ4v) is 2.48. The Morgan fingerprint density at radius 3 is 2.48 bits per heavy atom. The first-order valence-corrected chi connectivity index (χ1v) is 7.41. The van der Waals surface area contributed by atoms with E-state index < -0.39 is 0 Å². The Morgan fingerprint density at radius 1 is 1.29 bits per heavy atom. The highest BCUT2D eigenvalue weighted by molar-refractivity contribution is 5.90. The van der Waals surface area contributed by atoms with E-state index in [0.717, 1.165) is 23.5 Å². The van der Waals surface area contributed by atoms with E-state index in [9.17, 15) is 4.79 Å². The lowest BCUT2D eigenvalue weighted by atomic mass is 10.1. The zero-order valence-electron chi connectivity index (χ0n) is 13.2. The molecule has 0 fully saturated rings. The quantitative estimate of drug-likeness (QED) is 0.911. The molecule has 2 rings (SSSR count). The molecule has 0 aliphatic heterocycles. The predicted molar refractivity (Wildman–Crippen MR) is 85.5 cm³/mol. The van der Waals surface area contributed by atoms with E-state index in [1.54, 1.807) is 0 Å². The Morgan fingerprint density at radius 2 is 1.95 bits per heavy atom. The highest BCUT2D eigenvalue weighted by Gasteiger charge is 2.14. The Balaban J connectivity index is 1.96. The van der Waals surface area contributed by atoms with Crippen molar-refractivity contribution in [1.29, 1.82) is 0 Å². The van der Waals surface area contributed by atoms with Gasteiger partial charge in [0.1, 0.15) is 0 Å². The third-order valence-corrected chi connectivity index (χ3v) is 3.59. The summed E-state index contributed by atoms with van der Waals surface area (Å²) in [6.45, 7) is 8.10. The zero-order chi connectivity index (χ0) is 15.4. The van der Waals surface area contributed by atoms with Gasteiger partial charge in [-0.1, -0.05) is 19.1 Å². The van der Waals surface area contributed by atoms with Gasteiger partial charge in [-0.15, -0.1) is 0 Å². The number of benzene rings is 1. The van der Waals surface area contributed by atoms with Crippen molar-refractivity contribution < 1.29 is 4.79 Å². The van der Waals surface area contributed by atoms with Crippen LogP contribution in [-0.4, -0.2) is 15.7 Å². The number of hydrogen-bond donors (Lipinski definition) is 1. The van der Waals surface area contributed by atoms with Crippen molar-refractivity contribution in [2.75, 3.05) is 5.32 Å². The summed E-state index contributed by atoms with van der Waals surface area (Å²) in [7, 11) is 0. The first kappa shape index (κ1) is 15.3. The number of aryl methyl sites for hydroxylation is 3. The lowest BCUT2D eigenvalue weighted by Gasteiger charge is -2.14. The van der Waals surface area contributed by atoms with Crippen LogP contribution in [0.3, 0.4) is 0 Å². The van der Waals surface area contributed by atoms with E-state index in [1.165, 1.54) is 5.56 Å². The number of nitrogens with one attached hydrogen (secondary N) is 1. The van der Waals surface area contributed by atoms with Crippen molar-refractivity contribution in [1.82, 2.24) is 9.78 Å². The van der Waals surface area contributed by atoms with Crippen LogP contribution in [0.5, 0.6) is 0 Å². The molecule has 1 N–H and O–H groups in total. The van der Waals surface area contributed by atoms with Crippen LogP contribution in [0.15, 0.2) is 30.3 Å². The number of rotatable bonds is 5. The van der Waals surface area contributed by atoms with Crippen molar-refractivity contribution in [3.63, 3.8) is 0 Å². The highest BCUT2D eigenvalue weighted by atomic mass is 16.1. The van der Waals surface area contributed by atoms with Crippen molar-refractivity contribution >= 4 is 11.6 Å². The van der Waals surface area contributed by atoms with E-state index in [0.29, 0.717) is 6.42 Å². The molecule has 112 valence electrons. The molecular formula is C17H23N3O. The molecule has 2 aromatic rings. The van der Waals surface area contributed by atoms with Crippen LogP contribution in [0.4, 0.5) is 5.69 Å². The van der Waals surface area contributed by atoms with Crippen LogP contribution < -0.4 is 5.32 Å². The number of carbonyl (C=O) groups is 1. The molecule has 0 saturated carbocycles. The lowest BCUT2D eigenvalue weighted by molar-refractivity contribution is -0.116. The number of hydrogen-bond acceptors (Lipinski definition) is 2. The van der Waals surface area contributed by atoms with Crippen LogP contribution >= 0.6 is 0 Å². The summed E-state index contributed by atoms with van der Waals surface area (Å²) in [6, 6.07) is 10.1. The second-order valence-electron chi connectivity index (χ2n) is 5.52. The number of nitrogens with zero attached hydrogens (tertiary/aromatic N) is 2. The fraction of sp³-hybridized carbons (Fsp3) is 0.412. The topological polar surface area (TPSA) is 46.9 Å². The monoisotopic (exact) mass is 285 g/mol. The van der Waals surface area contributed by atoms with E-state index in [1.807, 2.05) is 55.8 Å². The summed E-state index contributed by atoms with van der Waals surface area (Å²) in [5.41, 5.74) is 4.18. The summed E-state index contributed by atoms with van der Waals surface area (Å²) in [5.74, 6) is 0.0132. The summed E-state index contributed by atoms with van der Waals surface area (Å²) >= 11 is 0. The smallest absolute Gasteiger partial charge is 0.226 e. The van der Waals surface area contributed by atoms with Crippen molar-refractivity contribution in [3.8, 4) is 0 Å². The normalized spacial score (nSPS) is 12.2. The summed E-state index contributed by atoms with van der Waals surface area (Å²) in [5, 5.41) is 7.37. The predicted octanol–water partition coefficient (Wildman–Crippen LogP) is 3.65. The van der Waals surface area contributed by atoms with Crippen LogP contribution in [0.1, 0.15) is 43.3 Å². The van der Waals surface area contributed by atoms with Gasteiger partial charge in [0.2, 0.25) is 5.91 Å². The molecule has 1 aromatic carbocycles. The third-order valence-electron chi connectivity index (χ3n) is 3.59. The minimum absolute atomic E-state index is 0.0132. The Labute approximate surface area is 126 Å². The average molecular weight is 285 g/mol. The SMILES string of the molecule is CCc1ccc(NC(=O)CC(C)n2nc(C)cc2C)cc1. The molecule has 21 heavy (non-hydrogen) atoms. The second kappa shape index (κ2) is 6.57. The second-order valence-corrected chi connectivity index (χ2v) is 5.52. The molecular weight excluding hydrogens is 262 g/mol. The number of carbonyl (C=O) groups excluding carboxylic acids is 1. The Hall–Kier alpha value is -2.10. The molecule has 0 spiro atoms. The van der Waals surface area contributed by atoms with Gasteiger partial charge in [-0.2, -0.15) is 5.10 Å². The zero-order valence-corrected chi connectivity index (χ0v) is 13.2. The molecule has 1 amide bonds. The van der Waals surface area contributed by atoms with Crippen molar-refractivity contribution in [3.05, 3.63) is 47.3 Å². The Kier molecular flexibility index (Phi) is 4.78. The van der Waals surface area contributed by atoms with Gasteiger partial charge in [-0.05, 0) is 51.0 Å². The molecule has 0 radical (unpaired) electrons. The molecule has 1 unspecified atom stereocenters. The third kappa shape index (κ3) is 3.94. The molecule has 4 nitrogen and oxygen atoms in total. The van der Waals surface area contributed by atoms with Gasteiger partial charge < -0.3 is 5.32 Å². The van der Waals surface area contributed by atoms with Gasteiger partial charge in [0.25, 0.3) is 0 Å². The number of anilines is 1. The summed E-state index contributed by atoms with van der Waals surface area (Å²) < 4.78 is 1.91. The molecule has 4 heteroatoms. The fourth-order valence-electron chi connectivity index (χ4n) is 2.48. The number of aromatic nitrogens is 2. The first-order valence-electron chi connectivity index (χ1n) is 7.41. The van der Waals surface area contributed by atoms with Gasteiger partial charge in [0, 0.05) is 17.8 Å². The molecule has 1 atom stereocenters. The minimum Gasteiger partial charge on any atom is -0.326 e. The lowest BCUT2D eigenvalue weighted by Crippen LogP contribution is -2.19. The highest BCUT2D eigenvalue weighted by Crippen LogP contribution is 2.16. The number of amides is 1. The van der Waals surface area contributed by atoms with Crippen molar-refractivity contribution in [2.45, 2.75) is 46.6 Å². The van der Waals surface area contributed by atoms with Gasteiger partial charge in [0.05, 0.1) is 11.7 Å². The molecule has 1 aromatic heterocycles. The van der Waals surface area contributed by atoms with Crippen LogP contribution in [-0.2, 0) is 11.2 Å². The standard InChI is InChI=1S/C17H23N3O/c1-5-15-6-8-16(9-7-15)18-17(21)11-14(4)20-13(3)10-12(2)19-20/h6-10,14H,5,11H2,1-4H3,(H,18,21). The molecule has 0 aliphatic carbocycles. The van der Waals surface area contributed by atoms with Gasteiger partial charge in [-0.25, -0.2) is 0 Å². The van der Waals surface area contributed by atoms with E-state index >= 15 is 0 Å². The maximum absolute atomic E-state index is 12.1.